The average Bonchev–Trinajstić information content (AvgIpc) is 2.47. The van der Waals surface area contributed by atoms with Crippen LogP contribution >= 0.6 is 7.82 Å². The van der Waals surface area contributed by atoms with Crippen molar-refractivity contribution in [3.8, 4) is 24.7 Å². The van der Waals surface area contributed by atoms with E-state index in [1.807, 2.05) is 11.8 Å². The van der Waals surface area contributed by atoms with Crippen LogP contribution in [0.1, 0.15) is 0 Å². The minimum absolute atomic E-state index is 0.411. The summed E-state index contributed by atoms with van der Waals surface area (Å²) in [6.45, 7) is -0.823. The van der Waals surface area contributed by atoms with Crippen molar-refractivity contribution in [2.75, 3.05) is 27.4 Å². The molecule has 9 heteroatoms. The van der Waals surface area contributed by atoms with Crippen molar-refractivity contribution in [3.63, 3.8) is 0 Å². The molecule has 0 saturated heterocycles. The van der Waals surface area contributed by atoms with Gasteiger partial charge in [-0.05, 0) is 0 Å². The molecule has 0 unspecified atom stereocenters. The lowest BCUT2D eigenvalue weighted by Crippen LogP contribution is -2.36. The second-order valence-corrected chi connectivity index (χ2v) is 4.76. The molecule has 0 aromatic rings. The smallest absolute Gasteiger partial charge is 0.450 e. The van der Waals surface area contributed by atoms with E-state index in [1.54, 1.807) is 0 Å². The van der Waals surface area contributed by atoms with Crippen LogP contribution in [0, 0.1) is 24.7 Å². The van der Waals surface area contributed by atoms with E-state index in [1.165, 1.54) is 0 Å². The van der Waals surface area contributed by atoms with Gasteiger partial charge in [0.2, 0.25) is 0 Å². The maximum absolute atomic E-state index is 11.8. The molecule has 0 aromatic carbocycles. The molecule has 8 nitrogen and oxygen atoms in total. The summed E-state index contributed by atoms with van der Waals surface area (Å²) in [7, 11) is -2.11. The van der Waals surface area contributed by atoms with Gasteiger partial charge in [-0.25, -0.2) is 14.2 Å². The zero-order valence-corrected chi connectivity index (χ0v) is 11.8. The van der Waals surface area contributed by atoms with Gasteiger partial charge in [0.25, 0.3) is 6.10 Å². The van der Waals surface area contributed by atoms with Gasteiger partial charge in [0.15, 0.2) is 13.2 Å². The zero-order chi connectivity index (χ0) is 15.6. The molecule has 0 rings (SSSR count). The van der Waals surface area contributed by atoms with E-state index < -0.39 is 39.1 Å². The monoisotopic (exact) mass is 304 g/mol. The number of esters is 2. The van der Waals surface area contributed by atoms with Gasteiger partial charge in [0.05, 0.1) is 0 Å². The summed E-state index contributed by atoms with van der Waals surface area (Å²) >= 11 is 0. The summed E-state index contributed by atoms with van der Waals surface area (Å²) in [5.74, 6) is 1.61. The lowest BCUT2D eigenvalue weighted by atomic mass is 10.4. The van der Waals surface area contributed by atoms with Crippen LogP contribution in [0.5, 0.6) is 0 Å². The molecular formula is C11H13O8P. The fourth-order valence-electron chi connectivity index (χ4n) is 0.849. The molecule has 0 aliphatic heterocycles. The molecule has 0 bridgehead atoms. The van der Waals surface area contributed by atoms with Gasteiger partial charge < -0.3 is 9.47 Å². The second kappa shape index (κ2) is 9.13. The SMILES string of the molecule is C#CCOC(=O)C(OP(=O)(OC)OC)C(=O)OCC#C. The Morgan fingerprint density at radius 3 is 1.75 bits per heavy atom. The molecule has 0 N–H and O–H groups in total. The van der Waals surface area contributed by atoms with Crippen molar-refractivity contribution in [3.05, 3.63) is 0 Å². The van der Waals surface area contributed by atoms with Crippen LogP contribution in [0.4, 0.5) is 0 Å². The van der Waals surface area contributed by atoms with E-state index in [9.17, 15) is 14.2 Å². The Labute approximate surface area is 116 Å². The molecule has 0 aliphatic carbocycles. The first-order valence-electron chi connectivity index (χ1n) is 5.04. The molecule has 20 heavy (non-hydrogen) atoms. The minimum Gasteiger partial charge on any atom is -0.450 e. The highest BCUT2D eigenvalue weighted by Gasteiger charge is 2.39. The van der Waals surface area contributed by atoms with E-state index in [2.05, 4.69) is 23.0 Å². The first kappa shape index (κ1) is 18.2. The van der Waals surface area contributed by atoms with Crippen LogP contribution < -0.4 is 0 Å². The largest absolute Gasteiger partial charge is 0.475 e. The van der Waals surface area contributed by atoms with Gasteiger partial charge in [-0.15, -0.1) is 12.8 Å². The van der Waals surface area contributed by atoms with Crippen molar-refractivity contribution < 1.29 is 37.2 Å². The van der Waals surface area contributed by atoms with Crippen LogP contribution in [-0.4, -0.2) is 45.5 Å². The van der Waals surface area contributed by atoms with Crippen LogP contribution in [0.3, 0.4) is 0 Å². The zero-order valence-electron chi connectivity index (χ0n) is 10.9. The number of carbonyl (C=O) groups excluding carboxylic acids is 2. The third-order valence-electron chi connectivity index (χ3n) is 1.71. The molecular weight excluding hydrogens is 291 g/mol. The number of rotatable bonds is 8. The third-order valence-corrected chi connectivity index (χ3v) is 3.07. The quantitative estimate of drug-likeness (QED) is 0.270. The summed E-state index contributed by atoms with van der Waals surface area (Å²) < 4.78 is 34.3. The molecule has 0 fully saturated rings. The number of terminal acetylenes is 2. The highest BCUT2D eigenvalue weighted by atomic mass is 31.2. The van der Waals surface area contributed by atoms with Crippen molar-refractivity contribution in [1.29, 1.82) is 0 Å². The molecule has 0 aliphatic rings. The van der Waals surface area contributed by atoms with Gasteiger partial charge in [0.1, 0.15) is 0 Å². The Kier molecular flexibility index (Phi) is 8.30. The Balaban J connectivity index is 5.02. The van der Waals surface area contributed by atoms with Crippen LogP contribution in [0.15, 0.2) is 0 Å². The molecule has 0 radical (unpaired) electrons. The van der Waals surface area contributed by atoms with Crippen LogP contribution in [0.25, 0.3) is 0 Å². The summed E-state index contributed by atoms with van der Waals surface area (Å²) in [4.78, 5) is 23.2. The number of ether oxygens (including phenoxy) is 2. The van der Waals surface area contributed by atoms with Gasteiger partial charge in [-0.3, -0.25) is 13.6 Å². The number of carbonyl (C=O) groups is 2. The van der Waals surface area contributed by atoms with Crippen molar-refractivity contribution in [2.24, 2.45) is 0 Å². The Morgan fingerprint density at radius 2 is 1.45 bits per heavy atom. The summed E-state index contributed by atoms with van der Waals surface area (Å²) in [6.07, 6.45) is 7.80. The minimum atomic E-state index is -4.11. The standard InChI is InChI=1S/C11H13O8P/c1-5-7-17-10(12)9(11(13)18-8-6-2)19-20(14,15-3)16-4/h1-2,9H,7-8H2,3-4H3. The predicted octanol–water partition coefficient (Wildman–Crippen LogP) is 0.125. The first-order valence-corrected chi connectivity index (χ1v) is 6.50. The fraction of sp³-hybridized carbons (Fsp3) is 0.455. The number of hydrogen-bond acceptors (Lipinski definition) is 8. The van der Waals surface area contributed by atoms with Gasteiger partial charge in [-0.2, -0.15) is 0 Å². The lowest BCUT2D eigenvalue weighted by molar-refractivity contribution is -0.166. The maximum atomic E-state index is 11.8. The van der Waals surface area contributed by atoms with E-state index in [-0.39, 0.29) is 0 Å². The van der Waals surface area contributed by atoms with Crippen LogP contribution in [-0.2, 0) is 37.2 Å². The number of phosphoric ester groups is 1. The number of phosphoric acid groups is 1. The van der Waals surface area contributed by atoms with Crippen molar-refractivity contribution in [1.82, 2.24) is 0 Å². The summed E-state index contributed by atoms with van der Waals surface area (Å²) in [6, 6.07) is 0. The Bertz CT molecular complexity index is 434. The Hall–Kier alpha value is -1.83. The molecule has 0 amide bonds. The predicted molar refractivity (Wildman–Crippen MR) is 66.1 cm³/mol. The molecule has 0 heterocycles. The first-order chi connectivity index (χ1) is 9.44. The molecule has 0 spiro atoms. The number of hydrogen-bond donors (Lipinski definition) is 0. The molecule has 0 atom stereocenters. The van der Waals surface area contributed by atoms with E-state index >= 15 is 0 Å². The lowest BCUT2D eigenvalue weighted by Gasteiger charge is -2.18. The molecule has 0 aromatic heterocycles. The highest BCUT2D eigenvalue weighted by molar-refractivity contribution is 7.48. The van der Waals surface area contributed by atoms with Gasteiger partial charge >= 0.3 is 19.8 Å². The van der Waals surface area contributed by atoms with Gasteiger partial charge in [-0.1, -0.05) is 11.8 Å². The van der Waals surface area contributed by atoms with Crippen molar-refractivity contribution >= 4 is 19.8 Å². The average molecular weight is 304 g/mol. The van der Waals surface area contributed by atoms with Gasteiger partial charge in [0, 0.05) is 14.2 Å². The van der Waals surface area contributed by atoms with E-state index in [0.717, 1.165) is 14.2 Å². The fourth-order valence-corrected chi connectivity index (χ4v) is 1.60. The van der Waals surface area contributed by atoms with Crippen molar-refractivity contribution in [2.45, 2.75) is 6.10 Å². The topological polar surface area (TPSA) is 97.4 Å². The van der Waals surface area contributed by atoms with E-state index in [4.69, 9.17) is 12.8 Å². The summed E-state index contributed by atoms with van der Waals surface area (Å²) in [5.41, 5.74) is 0. The maximum Gasteiger partial charge on any atom is 0.475 e. The summed E-state index contributed by atoms with van der Waals surface area (Å²) in [5, 5.41) is 0. The second-order valence-electron chi connectivity index (χ2n) is 2.92. The third kappa shape index (κ3) is 5.87. The molecule has 0 saturated carbocycles. The Morgan fingerprint density at radius 1 is 1.05 bits per heavy atom. The normalized spacial score (nSPS) is 10.4. The van der Waals surface area contributed by atoms with E-state index in [0.29, 0.717) is 0 Å². The molecule has 110 valence electrons. The highest BCUT2D eigenvalue weighted by Crippen LogP contribution is 2.48. The van der Waals surface area contributed by atoms with Crippen LogP contribution in [0.2, 0.25) is 0 Å².